The Morgan fingerprint density at radius 1 is 1.24 bits per heavy atom. The van der Waals surface area contributed by atoms with Crippen LogP contribution in [0.1, 0.15) is 22.8 Å². The Bertz CT molecular complexity index is 728. The number of hydrogen-bond acceptors (Lipinski definition) is 4. The number of nitrogens with zero attached hydrogens (tertiary/aromatic N) is 1. The second-order valence-electron chi connectivity index (χ2n) is 4.50. The maximum absolute atomic E-state index is 11.4. The first kappa shape index (κ1) is 15.0. The molecular weight excluding hydrogens is 294 g/mol. The predicted octanol–water partition coefficient (Wildman–Crippen LogP) is 4.55. The molecular formula is C15H12ClNO4. The quantitative estimate of drug-likeness (QED) is 0.472. The summed E-state index contributed by atoms with van der Waals surface area (Å²) >= 11 is 5.90. The zero-order chi connectivity index (χ0) is 15.6. The van der Waals surface area contributed by atoms with Crippen molar-refractivity contribution in [2.24, 2.45) is 0 Å². The van der Waals surface area contributed by atoms with Crippen molar-refractivity contribution < 1.29 is 14.5 Å². The number of hydrogen-bond donors (Lipinski definition) is 0. The third-order valence-electron chi connectivity index (χ3n) is 2.92. The molecule has 0 spiro atoms. The lowest BCUT2D eigenvalue weighted by Crippen LogP contribution is -2.00. The normalized spacial score (nSPS) is 10.2. The molecule has 6 heteroatoms. The summed E-state index contributed by atoms with van der Waals surface area (Å²) in [6, 6.07) is 9.28. The molecule has 2 rings (SSSR count). The van der Waals surface area contributed by atoms with Gasteiger partial charge in [-0.25, -0.2) is 0 Å². The minimum absolute atomic E-state index is 0.0511. The highest BCUT2D eigenvalue weighted by Crippen LogP contribution is 2.31. The third-order valence-corrected chi connectivity index (χ3v) is 3.16. The summed E-state index contributed by atoms with van der Waals surface area (Å²) < 4.78 is 5.62. The van der Waals surface area contributed by atoms with Crippen LogP contribution in [0, 0.1) is 17.0 Å². The fourth-order valence-corrected chi connectivity index (χ4v) is 2.00. The van der Waals surface area contributed by atoms with Gasteiger partial charge in [-0.1, -0.05) is 17.7 Å². The first-order valence-corrected chi connectivity index (χ1v) is 6.49. The molecule has 108 valence electrons. The van der Waals surface area contributed by atoms with E-state index in [4.69, 9.17) is 16.3 Å². The van der Waals surface area contributed by atoms with E-state index in [1.54, 1.807) is 18.2 Å². The van der Waals surface area contributed by atoms with E-state index in [2.05, 4.69) is 0 Å². The van der Waals surface area contributed by atoms with Crippen LogP contribution in [-0.4, -0.2) is 10.7 Å². The van der Waals surface area contributed by atoms with Gasteiger partial charge < -0.3 is 4.74 Å². The molecule has 0 bridgehead atoms. The van der Waals surface area contributed by atoms with Crippen LogP contribution in [0.5, 0.6) is 11.5 Å². The molecule has 0 unspecified atom stereocenters. The van der Waals surface area contributed by atoms with E-state index in [0.717, 1.165) is 5.56 Å². The molecule has 0 N–H and O–H groups in total. The van der Waals surface area contributed by atoms with Gasteiger partial charge in [-0.05, 0) is 43.7 Å². The van der Waals surface area contributed by atoms with Crippen molar-refractivity contribution in [3.63, 3.8) is 0 Å². The number of ether oxygens (including phenoxy) is 1. The lowest BCUT2D eigenvalue weighted by Gasteiger charge is -2.09. The minimum atomic E-state index is -0.603. The molecule has 21 heavy (non-hydrogen) atoms. The summed E-state index contributed by atoms with van der Waals surface area (Å²) in [4.78, 5) is 21.8. The predicted molar refractivity (Wildman–Crippen MR) is 79.4 cm³/mol. The smallest absolute Gasteiger partial charge is 0.283 e. The number of benzene rings is 2. The van der Waals surface area contributed by atoms with E-state index in [1.807, 2.05) is 6.92 Å². The van der Waals surface area contributed by atoms with Gasteiger partial charge in [0.25, 0.3) is 5.69 Å². The van der Waals surface area contributed by atoms with Gasteiger partial charge >= 0.3 is 0 Å². The van der Waals surface area contributed by atoms with Gasteiger partial charge in [-0.3, -0.25) is 14.9 Å². The van der Waals surface area contributed by atoms with Crippen LogP contribution >= 0.6 is 11.6 Å². The maximum atomic E-state index is 11.4. The highest BCUT2D eigenvalue weighted by molar-refractivity contribution is 6.30. The fourth-order valence-electron chi connectivity index (χ4n) is 1.83. The van der Waals surface area contributed by atoms with E-state index in [-0.39, 0.29) is 22.8 Å². The lowest BCUT2D eigenvalue weighted by atomic mass is 10.1. The van der Waals surface area contributed by atoms with Crippen LogP contribution in [0.4, 0.5) is 5.69 Å². The van der Waals surface area contributed by atoms with Gasteiger partial charge in [0.15, 0.2) is 5.78 Å². The van der Waals surface area contributed by atoms with Gasteiger partial charge in [0.2, 0.25) is 0 Å². The van der Waals surface area contributed by atoms with Crippen molar-refractivity contribution in [1.82, 2.24) is 0 Å². The Morgan fingerprint density at radius 2 is 1.95 bits per heavy atom. The molecule has 0 aliphatic heterocycles. The Labute approximate surface area is 126 Å². The molecule has 2 aromatic carbocycles. The molecule has 0 aliphatic carbocycles. The Morgan fingerprint density at radius 3 is 2.57 bits per heavy atom. The van der Waals surface area contributed by atoms with Crippen LogP contribution in [0.25, 0.3) is 0 Å². The summed E-state index contributed by atoms with van der Waals surface area (Å²) in [7, 11) is 0. The number of ketones is 1. The second-order valence-corrected chi connectivity index (χ2v) is 4.94. The number of nitro groups is 1. The Kier molecular flexibility index (Phi) is 4.23. The molecule has 5 nitrogen and oxygen atoms in total. The second kappa shape index (κ2) is 5.93. The molecule has 2 aromatic rings. The molecule has 0 amide bonds. The molecule has 0 saturated carbocycles. The third kappa shape index (κ3) is 3.38. The summed E-state index contributed by atoms with van der Waals surface area (Å²) in [6.07, 6.45) is 0. The largest absolute Gasteiger partial charge is 0.457 e. The van der Waals surface area contributed by atoms with Crippen LogP contribution in [0.15, 0.2) is 36.4 Å². The van der Waals surface area contributed by atoms with Crippen molar-refractivity contribution in [3.05, 3.63) is 62.7 Å². The Balaban J connectivity index is 2.41. The average Bonchev–Trinajstić information content (AvgIpc) is 2.42. The van der Waals surface area contributed by atoms with Crippen molar-refractivity contribution in [2.75, 3.05) is 0 Å². The number of carbonyl (C=O) groups is 1. The van der Waals surface area contributed by atoms with Crippen molar-refractivity contribution >= 4 is 23.1 Å². The summed E-state index contributed by atoms with van der Waals surface area (Å²) in [5, 5.41) is 11.5. The topological polar surface area (TPSA) is 69.4 Å². The minimum Gasteiger partial charge on any atom is -0.457 e. The highest BCUT2D eigenvalue weighted by atomic mass is 35.5. The van der Waals surface area contributed by atoms with E-state index < -0.39 is 4.92 Å². The molecule has 0 aromatic heterocycles. The van der Waals surface area contributed by atoms with Crippen LogP contribution < -0.4 is 4.74 Å². The number of rotatable bonds is 4. The Hall–Kier alpha value is -2.40. The van der Waals surface area contributed by atoms with Crippen LogP contribution in [-0.2, 0) is 0 Å². The standard InChI is InChI=1S/C15H12ClNO4/c1-9-3-4-11(16)7-15(9)21-12-5-6-13(10(2)18)14(8-12)17(19)20/h3-8H,1-2H3. The summed E-state index contributed by atoms with van der Waals surface area (Å²) in [6.45, 7) is 3.12. The SMILES string of the molecule is CC(=O)c1ccc(Oc2cc(Cl)ccc2C)cc1[N+](=O)[O-]. The number of halogens is 1. The van der Waals surface area contributed by atoms with E-state index >= 15 is 0 Å². The summed E-state index contributed by atoms with van der Waals surface area (Å²) in [5.74, 6) is 0.414. The van der Waals surface area contributed by atoms with E-state index in [9.17, 15) is 14.9 Å². The van der Waals surface area contributed by atoms with E-state index in [1.165, 1.54) is 25.1 Å². The molecule has 0 aliphatic rings. The molecule has 0 radical (unpaired) electrons. The zero-order valence-corrected chi connectivity index (χ0v) is 12.2. The molecule has 0 heterocycles. The monoisotopic (exact) mass is 305 g/mol. The van der Waals surface area contributed by atoms with Crippen molar-refractivity contribution in [2.45, 2.75) is 13.8 Å². The van der Waals surface area contributed by atoms with Gasteiger partial charge in [0, 0.05) is 5.02 Å². The number of aryl methyl sites for hydroxylation is 1. The fraction of sp³-hybridized carbons (Fsp3) is 0.133. The highest BCUT2D eigenvalue weighted by Gasteiger charge is 2.18. The van der Waals surface area contributed by atoms with Gasteiger partial charge in [-0.15, -0.1) is 0 Å². The van der Waals surface area contributed by atoms with Crippen molar-refractivity contribution in [3.8, 4) is 11.5 Å². The number of Topliss-reactive ketones (excluding diaryl/α,β-unsaturated/α-hetero) is 1. The van der Waals surface area contributed by atoms with Gasteiger partial charge in [-0.2, -0.15) is 0 Å². The average molecular weight is 306 g/mol. The van der Waals surface area contributed by atoms with E-state index in [0.29, 0.717) is 10.8 Å². The zero-order valence-electron chi connectivity index (χ0n) is 11.4. The van der Waals surface area contributed by atoms with Gasteiger partial charge in [0.05, 0.1) is 16.6 Å². The first-order valence-electron chi connectivity index (χ1n) is 6.12. The number of nitro benzene ring substituents is 1. The lowest BCUT2D eigenvalue weighted by molar-refractivity contribution is -0.385. The first-order chi connectivity index (χ1) is 9.88. The number of carbonyl (C=O) groups excluding carboxylic acids is 1. The molecule has 0 saturated heterocycles. The van der Waals surface area contributed by atoms with Crippen LogP contribution in [0.2, 0.25) is 5.02 Å². The van der Waals surface area contributed by atoms with Gasteiger partial charge in [0.1, 0.15) is 11.5 Å². The molecule has 0 atom stereocenters. The summed E-state index contributed by atoms with van der Waals surface area (Å²) in [5.41, 5.74) is 0.618. The molecule has 0 fully saturated rings. The maximum Gasteiger partial charge on any atom is 0.283 e. The van der Waals surface area contributed by atoms with Crippen molar-refractivity contribution in [1.29, 1.82) is 0 Å². The van der Waals surface area contributed by atoms with Crippen LogP contribution in [0.3, 0.4) is 0 Å².